The van der Waals surface area contributed by atoms with Gasteiger partial charge in [-0.1, -0.05) is 65.2 Å². The van der Waals surface area contributed by atoms with E-state index in [0.29, 0.717) is 26.1 Å². The molecule has 144 valence electrons. The van der Waals surface area contributed by atoms with Gasteiger partial charge in [-0.05, 0) is 26.7 Å². The van der Waals surface area contributed by atoms with Crippen molar-refractivity contribution in [3.63, 3.8) is 0 Å². The molecule has 0 aliphatic heterocycles. The Hall–Kier alpha value is -0.261. The average Bonchev–Trinajstić information content (AvgIpc) is 2.56. The summed E-state index contributed by atoms with van der Waals surface area (Å²) in [6.45, 7) is 9.07. The molecule has 0 saturated heterocycles. The molecule has 0 amide bonds. The first-order valence-corrected chi connectivity index (χ1v) is 9.93. The SMILES string of the molecule is CCCCCCCC(=O)OCC.CCCCCCCC(=O)OCC.[Sn+4]. The summed E-state index contributed by atoms with van der Waals surface area (Å²) in [6.07, 6.45) is 13.0. The predicted molar refractivity (Wildman–Crippen MR) is 106 cm³/mol. The minimum atomic E-state index is -0.0472. The molecular formula is C20H40O4Sn+4. The minimum absolute atomic E-state index is 0. The Morgan fingerprint density at radius 2 is 0.880 bits per heavy atom. The molecule has 0 heterocycles. The third-order valence-corrected chi connectivity index (χ3v) is 3.58. The normalized spacial score (nSPS) is 9.44. The van der Waals surface area contributed by atoms with Crippen LogP contribution in [0.4, 0.5) is 0 Å². The van der Waals surface area contributed by atoms with E-state index in [-0.39, 0.29) is 35.8 Å². The van der Waals surface area contributed by atoms with Crippen molar-refractivity contribution < 1.29 is 19.1 Å². The number of esters is 2. The molecule has 0 fully saturated rings. The first kappa shape index (κ1) is 29.5. The average molecular weight is 463 g/mol. The maximum Gasteiger partial charge on any atom is 4.00 e. The molecular weight excluding hydrogens is 423 g/mol. The zero-order valence-electron chi connectivity index (χ0n) is 17.0. The molecule has 4 nitrogen and oxygen atoms in total. The van der Waals surface area contributed by atoms with Gasteiger partial charge >= 0.3 is 35.8 Å². The van der Waals surface area contributed by atoms with E-state index >= 15 is 0 Å². The van der Waals surface area contributed by atoms with Crippen LogP contribution in [0.2, 0.25) is 0 Å². The van der Waals surface area contributed by atoms with Crippen LogP contribution in [0.15, 0.2) is 0 Å². The van der Waals surface area contributed by atoms with Crippen LogP contribution < -0.4 is 0 Å². The zero-order chi connectivity index (χ0) is 18.5. The van der Waals surface area contributed by atoms with Crippen LogP contribution in [-0.2, 0) is 19.1 Å². The monoisotopic (exact) mass is 464 g/mol. The van der Waals surface area contributed by atoms with Crippen molar-refractivity contribution in [2.24, 2.45) is 0 Å². The molecule has 0 spiro atoms. The quantitative estimate of drug-likeness (QED) is 0.196. The molecule has 0 saturated carbocycles. The summed E-state index contributed by atoms with van der Waals surface area (Å²) in [4.78, 5) is 21.7. The molecule has 0 bridgehead atoms. The van der Waals surface area contributed by atoms with E-state index in [1.54, 1.807) is 0 Å². The van der Waals surface area contributed by atoms with Crippen LogP contribution in [0.5, 0.6) is 0 Å². The first-order valence-electron chi connectivity index (χ1n) is 9.93. The number of hydrogen-bond donors (Lipinski definition) is 0. The van der Waals surface area contributed by atoms with Gasteiger partial charge in [-0.15, -0.1) is 0 Å². The van der Waals surface area contributed by atoms with Crippen LogP contribution in [0, 0.1) is 0 Å². The third-order valence-electron chi connectivity index (χ3n) is 3.58. The Balaban J connectivity index is -0.000000372. The first-order chi connectivity index (χ1) is 11.6. The van der Waals surface area contributed by atoms with Gasteiger partial charge in [0.2, 0.25) is 0 Å². The number of carbonyl (C=O) groups is 2. The molecule has 0 aromatic heterocycles. The van der Waals surface area contributed by atoms with Gasteiger partial charge < -0.3 is 9.47 Å². The van der Waals surface area contributed by atoms with Gasteiger partial charge in [-0.3, -0.25) is 9.59 Å². The van der Waals surface area contributed by atoms with Gasteiger partial charge in [-0.25, -0.2) is 0 Å². The van der Waals surface area contributed by atoms with E-state index < -0.39 is 0 Å². The van der Waals surface area contributed by atoms with E-state index in [4.69, 9.17) is 9.47 Å². The van der Waals surface area contributed by atoms with Gasteiger partial charge in [0.1, 0.15) is 0 Å². The van der Waals surface area contributed by atoms with E-state index in [1.807, 2.05) is 13.8 Å². The van der Waals surface area contributed by atoms with Crippen molar-refractivity contribution in [2.45, 2.75) is 105 Å². The van der Waals surface area contributed by atoms with Crippen molar-refractivity contribution in [1.82, 2.24) is 0 Å². The fourth-order valence-corrected chi connectivity index (χ4v) is 2.21. The van der Waals surface area contributed by atoms with Gasteiger partial charge in [0.25, 0.3) is 0 Å². The number of rotatable bonds is 14. The van der Waals surface area contributed by atoms with Crippen LogP contribution >= 0.6 is 0 Å². The largest absolute Gasteiger partial charge is 4.00 e. The summed E-state index contributed by atoms with van der Waals surface area (Å²) in [5.41, 5.74) is 0. The maximum atomic E-state index is 10.9. The van der Waals surface area contributed by atoms with Crippen molar-refractivity contribution >= 4 is 35.8 Å². The second kappa shape index (κ2) is 26.0. The Morgan fingerprint density at radius 1 is 0.560 bits per heavy atom. The number of unbranched alkanes of at least 4 members (excludes halogenated alkanes) is 8. The van der Waals surface area contributed by atoms with Crippen molar-refractivity contribution in [2.75, 3.05) is 13.2 Å². The Bertz CT molecular complexity index is 255. The Morgan fingerprint density at radius 3 is 1.16 bits per heavy atom. The van der Waals surface area contributed by atoms with E-state index in [1.165, 1.54) is 38.5 Å². The molecule has 0 aliphatic rings. The molecule has 0 atom stereocenters. The topological polar surface area (TPSA) is 52.6 Å². The van der Waals surface area contributed by atoms with Crippen LogP contribution in [0.25, 0.3) is 0 Å². The standard InChI is InChI=1S/2C10H20O2.Sn/c2*1-3-5-6-7-8-9-10(11)12-4-2;/h2*3-9H2,1-2H3;/q;;+4. The van der Waals surface area contributed by atoms with Gasteiger partial charge in [0.15, 0.2) is 0 Å². The summed E-state index contributed by atoms with van der Waals surface area (Å²) in [5, 5.41) is 0. The molecule has 0 aliphatic carbocycles. The third kappa shape index (κ3) is 28.8. The zero-order valence-corrected chi connectivity index (χ0v) is 19.9. The Kier molecular flexibility index (Phi) is 30.6. The maximum absolute atomic E-state index is 10.9. The van der Waals surface area contributed by atoms with Crippen molar-refractivity contribution in [3.05, 3.63) is 0 Å². The summed E-state index contributed by atoms with van der Waals surface area (Å²) in [7, 11) is 0. The minimum Gasteiger partial charge on any atom is -0.466 e. The molecule has 0 aromatic rings. The summed E-state index contributed by atoms with van der Waals surface area (Å²) in [5.74, 6) is -0.0944. The second-order valence-corrected chi connectivity index (χ2v) is 5.94. The second-order valence-electron chi connectivity index (χ2n) is 5.94. The predicted octanol–water partition coefficient (Wildman–Crippen LogP) is 5.44. The number of hydrogen-bond acceptors (Lipinski definition) is 4. The summed E-state index contributed by atoms with van der Waals surface area (Å²) < 4.78 is 9.62. The molecule has 0 radical (unpaired) electrons. The van der Waals surface area contributed by atoms with E-state index in [2.05, 4.69) is 13.8 Å². The van der Waals surface area contributed by atoms with Crippen LogP contribution in [0.3, 0.4) is 0 Å². The fraction of sp³-hybridized carbons (Fsp3) is 0.900. The number of ether oxygens (including phenoxy) is 2. The van der Waals surface area contributed by atoms with Crippen molar-refractivity contribution in [3.8, 4) is 0 Å². The van der Waals surface area contributed by atoms with Crippen LogP contribution in [-0.4, -0.2) is 49.1 Å². The van der Waals surface area contributed by atoms with E-state index in [0.717, 1.165) is 25.7 Å². The van der Waals surface area contributed by atoms with Gasteiger partial charge in [0, 0.05) is 12.8 Å². The molecule has 0 N–H and O–H groups in total. The van der Waals surface area contributed by atoms with E-state index in [9.17, 15) is 9.59 Å². The van der Waals surface area contributed by atoms with Gasteiger partial charge in [0.05, 0.1) is 13.2 Å². The van der Waals surface area contributed by atoms with Crippen LogP contribution in [0.1, 0.15) is 105 Å². The molecule has 25 heavy (non-hydrogen) atoms. The molecule has 5 heteroatoms. The molecule has 0 aromatic carbocycles. The summed E-state index contributed by atoms with van der Waals surface area (Å²) >= 11 is 0. The smallest absolute Gasteiger partial charge is 0.466 e. The van der Waals surface area contributed by atoms with Gasteiger partial charge in [-0.2, -0.15) is 0 Å². The number of carbonyl (C=O) groups excluding carboxylic acids is 2. The summed E-state index contributed by atoms with van der Waals surface area (Å²) in [6, 6.07) is 0. The Labute approximate surface area is 172 Å². The molecule has 0 unspecified atom stereocenters. The van der Waals surface area contributed by atoms with Crippen molar-refractivity contribution in [1.29, 1.82) is 0 Å². The fourth-order valence-electron chi connectivity index (χ4n) is 2.21. The molecule has 0 rings (SSSR count).